The first-order valence-corrected chi connectivity index (χ1v) is 7.15. The summed E-state index contributed by atoms with van der Waals surface area (Å²) >= 11 is 0. The van der Waals surface area contributed by atoms with Crippen LogP contribution in [0.25, 0.3) is 5.69 Å². The number of hydrogen-bond acceptors (Lipinski definition) is 3. The average Bonchev–Trinajstić information content (AvgIpc) is 2.98. The number of carboxylic acid groups (broad SMARTS) is 1. The van der Waals surface area contributed by atoms with Crippen LogP contribution < -0.4 is 0 Å². The topological polar surface area (TPSA) is 58.4 Å². The number of aromatic nitrogens is 2. The van der Waals surface area contributed by atoms with Gasteiger partial charge >= 0.3 is 5.97 Å². The van der Waals surface area contributed by atoms with Crippen LogP contribution in [0.3, 0.4) is 0 Å². The quantitative estimate of drug-likeness (QED) is 0.850. The largest absolute Gasteiger partial charge is 0.481 e. The van der Waals surface area contributed by atoms with Crippen molar-refractivity contribution in [1.29, 1.82) is 0 Å². The molecule has 1 heterocycles. The number of rotatable bonds is 7. The highest BCUT2D eigenvalue weighted by Crippen LogP contribution is 2.13. The molecule has 0 saturated carbocycles. The van der Waals surface area contributed by atoms with E-state index in [1.807, 2.05) is 36.0 Å². The van der Waals surface area contributed by atoms with Crippen LogP contribution in [0.2, 0.25) is 0 Å². The van der Waals surface area contributed by atoms with Crippen LogP contribution in [-0.2, 0) is 11.3 Å². The van der Waals surface area contributed by atoms with Crippen molar-refractivity contribution in [3.05, 3.63) is 48.3 Å². The Morgan fingerprint density at radius 3 is 2.62 bits per heavy atom. The van der Waals surface area contributed by atoms with E-state index in [-0.39, 0.29) is 12.5 Å². The Balaban J connectivity index is 2.03. The molecule has 1 N–H and O–H groups in total. The molecule has 0 aliphatic carbocycles. The summed E-state index contributed by atoms with van der Waals surface area (Å²) in [6.07, 6.45) is 3.82. The molecule has 21 heavy (non-hydrogen) atoms. The molecule has 0 saturated heterocycles. The van der Waals surface area contributed by atoms with Crippen LogP contribution in [0, 0.1) is 0 Å². The number of carboxylic acids is 1. The van der Waals surface area contributed by atoms with Crippen molar-refractivity contribution in [1.82, 2.24) is 14.7 Å². The maximum Gasteiger partial charge on any atom is 0.304 e. The van der Waals surface area contributed by atoms with Crippen molar-refractivity contribution in [2.75, 3.05) is 6.54 Å². The SMILES string of the molecule is CCN(Cc1ccc(-n2cccn2)cc1)C(C)CC(=O)O. The van der Waals surface area contributed by atoms with Crippen molar-refractivity contribution in [2.24, 2.45) is 0 Å². The van der Waals surface area contributed by atoms with Gasteiger partial charge in [-0.25, -0.2) is 4.68 Å². The summed E-state index contributed by atoms with van der Waals surface area (Å²) < 4.78 is 1.81. The first-order valence-electron chi connectivity index (χ1n) is 7.15. The van der Waals surface area contributed by atoms with Gasteiger partial charge in [-0.3, -0.25) is 9.69 Å². The molecular weight excluding hydrogens is 266 g/mol. The Morgan fingerprint density at radius 2 is 2.10 bits per heavy atom. The van der Waals surface area contributed by atoms with Crippen LogP contribution in [0.5, 0.6) is 0 Å². The van der Waals surface area contributed by atoms with Gasteiger partial charge in [-0.05, 0) is 37.2 Å². The van der Waals surface area contributed by atoms with Gasteiger partial charge in [0, 0.05) is 25.0 Å². The molecular formula is C16H21N3O2. The minimum Gasteiger partial charge on any atom is -0.481 e. The van der Waals surface area contributed by atoms with E-state index >= 15 is 0 Å². The van der Waals surface area contributed by atoms with Gasteiger partial charge in [0.15, 0.2) is 0 Å². The summed E-state index contributed by atoms with van der Waals surface area (Å²) in [6, 6.07) is 10.1. The lowest BCUT2D eigenvalue weighted by molar-refractivity contribution is -0.138. The highest BCUT2D eigenvalue weighted by atomic mass is 16.4. The summed E-state index contributed by atoms with van der Waals surface area (Å²) in [7, 11) is 0. The Labute approximate surface area is 124 Å². The number of nitrogens with zero attached hydrogens (tertiary/aromatic N) is 3. The lowest BCUT2D eigenvalue weighted by atomic mass is 10.1. The third-order valence-electron chi connectivity index (χ3n) is 3.59. The third-order valence-corrected chi connectivity index (χ3v) is 3.59. The summed E-state index contributed by atoms with van der Waals surface area (Å²) in [5.41, 5.74) is 2.19. The Bertz CT molecular complexity index is 564. The zero-order valence-electron chi connectivity index (χ0n) is 12.4. The van der Waals surface area contributed by atoms with Crippen molar-refractivity contribution >= 4 is 5.97 Å². The second kappa shape index (κ2) is 7.04. The van der Waals surface area contributed by atoms with E-state index in [9.17, 15) is 4.79 Å². The smallest absolute Gasteiger partial charge is 0.304 e. The lowest BCUT2D eigenvalue weighted by Crippen LogP contribution is -2.34. The van der Waals surface area contributed by atoms with Gasteiger partial charge in [-0.2, -0.15) is 5.10 Å². The van der Waals surface area contributed by atoms with E-state index in [0.29, 0.717) is 0 Å². The van der Waals surface area contributed by atoms with Crippen molar-refractivity contribution in [2.45, 2.75) is 32.9 Å². The molecule has 0 radical (unpaired) electrons. The summed E-state index contributed by atoms with van der Waals surface area (Å²) in [5, 5.41) is 13.1. The minimum atomic E-state index is -0.755. The molecule has 0 aliphatic rings. The first-order chi connectivity index (χ1) is 10.1. The number of aliphatic carboxylic acids is 1. The van der Waals surface area contributed by atoms with Gasteiger partial charge in [-0.1, -0.05) is 19.1 Å². The predicted octanol–water partition coefficient (Wildman–Crippen LogP) is 2.56. The predicted molar refractivity (Wildman–Crippen MR) is 81.4 cm³/mol. The molecule has 5 nitrogen and oxygen atoms in total. The molecule has 1 unspecified atom stereocenters. The molecule has 1 atom stereocenters. The van der Waals surface area contributed by atoms with Crippen LogP contribution in [0.1, 0.15) is 25.8 Å². The monoisotopic (exact) mass is 287 g/mol. The van der Waals surface area contributed by atoms with Crippen LogP contribution >= 0.6 is 0 Å². The summed E-state index contributed by atoms with van der Waals surface area (Å²) in [6.45, 7) is 5.59. The maximum absolute atomic E-state index is 10.8. The fourth-order valence-corrected chi connectivity index (χ4v) is 2.37. The minimum absolute atomic E-state index is 0.0262. The fourth-order valence-electron chi connectivity index (χ4n) is 2.37. The van der Waals surface area contributed by atoms with E-state index < -0.39 is 5.97 Å². The first kappa shape index (κ1) is 15.3. The second-order valence-electron chi connectivity index (χ2n) is 5.13. The molecule has 2 rings (SSSR count). The third kappa shape index (κ3) is 4.16. The Kier molecular flexibility index (Phi) is 5.11. The normalized spacial score (nSPS) is 12.5. The molecule has 0 aliphatic heterocycles. The van der Waals surface area contributed by atoms with E-state index in [2.05, 4.69) is 29.1 Å². The van der Waals surface area contributed by atoms with E-state index in [4.69, 9.17) is 5.11 Å². The zero-order valence-corrected chi connectivity index (χ0v) is 12.4. The maximum atomic E-state index is 10.8. The zero-order chi connectivity index (χ0) is 15.2. The van der Waals surface area contributed by atoms with E-state index in [1.165, 1.54) is 5.56 Å². The molecule has 2 aromatic rings. The average molecular weight is 287 g/mol. The molecule has 0 fully saturated rings. The van der Waals surface area contributed by atoms with E-state index in [1.54, 1.807) is 6.20 Å². The number of hydrogen-bond donors (Lipinski definition) is 1. The number of benzene rings is 1. The molecule has 0 bridgehead atoms. The van der Waals surface area contributed by atoms with Gasteiger partial charge < -0.3 is 5.11 Å². The standard InChI is InChI=1S/C16H21N3O2/c1-3-18(13(2)11-16(20)21)12-14-5-7-15(8-6-14)19-10-4-9-17-19/h4-10,13H,3,11-12H2,1-2H3,(H,20,21). The molecule has 0 spiro atoms. The highest BCUT2D eigenvalue weighted by molar-refractivity contribution is 5.67. The van der Waals surface area contributed by atoms with E-state index in [0.717, 1.165) is 18.8 Å². The lowest BCUT2D eigenvalue weighted by Gasteiger charge is -2.26. The van der Waals surface area contributed by atoms with Gasteiger partial charge in [0.1, 0.15) is 0 Å². The highest BCUT2D eigenvalue weighted by Gasteiger charge is 2.15. The van der Waals surface area contributed by atoms with Crippen LogP contribution in [0.4, 0.5) is 0 Å². The summed E-state index contributed by atoms with van der Waals surface area (Å²) in [5.74, 6) is -0.755. The van der Waals surface area contributed by atoms with Crippen molar-refractivity contribution < 1.29 is 9.90 Å². The van der Waals surface area contributed by atoms with Crippen molar-refractivity contribution in [3.8, 4) is 5.69 Å². The Hall–Kier alpha value is -2.14. The molecule has 112 valence electrons. The van der Waals surface area contributed by atoms with Crippen molar-refractivity contribution in [3.63, 3.8) is 0 Å². The molecule has 5 heteroatoms. The molecule has 1 aromatic heterocycles. The summed E-state index contributed by atoms with van der Waals surface area (Å²) in [4.78, 5) is 13.0. The van der Waals surface area contributed by atoms with Gasteiger partial charge in [0.25, 0.3) is 0 Å². The molecule has 0 amide bonds. The van der Waals surface area contributed by atoms with Crippen LogP contribution in [-0.4, -0.2) is 38.3 Å². The van der Waals surface area contributed by atoms with Gasteiger partial charge in [0.05, 0.1) is 12.1 Å². The van der Waals surface area contributed by atoms with Gasteiger partial charge in [-0.15, -0.1) is 0 Å². The number of carbonyl (C=O) groups is 1. The Morgan fingerprint density at radius 1 is 1.38 bits per heavy atom. The van der Waals surface area contributed by atoms with Crippen LogP contribution in [0.15, 0.2) is 42.7 Å². The second-order valence-corrected chi connectivity index (χ2v) is 5.13. The fraction of sp³-hybridized carbons (Fsp3) is 0.375. The molecule has 1 aromatic carbocycles. The van der Waals surface area contributed by atoms with Gasteiger partial charge in [0.2, 0.25) is 0 Å².